The minimum absolute atomic E-state index is 0.938. The number of allylic oxidation sites excluding steroid dienone is 11. The number of fused-ring (bicyclic) bond motifs is 7. The molecule has 3 aromatic heterocycles. The van der Waals surface area contributed by atoms with Gasteiger partial charge in [0.05, 0.1) is 22.1 Å². The highest BCUT2D eigenvalue weighted by atomic mass is 15.2. The third kappa shape index (κ3) is 6.28. The fraction of sp³-hybridized carbons (Fsp3) is 0.0741. The van der Waals surface area contributed by atoms with Crippen LogP contribution in [0, 0.1) is 0 Å². The molecule has 2 aliphatic rings. The second-order valence-electron chi connectivity index (χ2n) is 14.9. The van der Waals surface area contributed by atoms with Crippen molar-refractivity contribution in [2.45, 2.75) is 25.7 Å². The zero-order valence-electron chi connectivity index (χ0n) is 31.9. The molecule has 5 aromatic carbocycles. The maximum atomic E-state index is 4.37. The third-order valence-electron chi connectivity index (χ3n) is 11.5. The summed E-state index contributed by atoms with van der Waals surface area (Å²) in [5.41, 5.74) is 13.4. The minimum atomic E-state index is 0.938. The van der Waals surface area contributed by atoms with Gasteiger partial charge >= 0.3 is 0 Å². The molecule has 0 fully saturated rings. The number of aromatic nitrogens is 2. The van der Waals surface area contributed by atoms with E-state index in [0.29, 0.717) is 0 Å². The zero-order chi connectivity index (χ0) is 38.1. The first kappa shape index (κ1) is 34.4. The van der Waals surface area contributed by atoms with Crippen molar-refractivity contribution in [1.29, 1.82) is 0 Å². The summed E-state index contributed by atoms with van der Waals surface area (Å²) in [4.78, 5) is 2.41. The Bertz CT molecular complexity index is 3080. The molecule has 0 amide bonds. The van der Waals surface area contributed by atoms with Crippen LogP contribution in [0.15, 0.2) is 223 Å². The number of benzene rings is 5. The molecule has 0 saturated heterocycles. The van der Waals surface area contributed by atoms with Gasteiger partial charge in [0.15, 0.2) is 0 Å². The fourth-order valence-electron chi connectivity index (χ4n) is 8.81. The average molecular weight is 734 g/mol. The first-order chi connectivity index (χ1) is 28.2. The van der Waals surface area contributed by atoms with Crippen LogP contribution in [0.2, 0.25) is 0 Å². The van der Waals surface area contributed by atoms with Crippen LogP contribution in [0.1, 0.15) is 31.2 Å². The van der Waals surface area contributed by atoms with E-state index in [9.17, 15) is 0 Å². The Kier molecular flexibility index (Phi) is 8.97. The van der Waals surface area contributed by atoms with Crippen LogP contribution in [0.5, 0.6) is 0 Å². The Labute approximate surface area is 333 Å². The predicted octanol–water partition coefficient (Wildman–Crippen LogP) is 14.4. The number of rotatable bonds is 8. The van der Waals surface area contributed by atoms with Crippen LogP contribution in [0.4, 0.5) is 5.69 Å². The summed E-state index contributed by atoms with van der Waals surface area (Å²) < 4.78 is 4.70. The minimum Gasteiger partial charge on any atom is -0.317 e. The molecule has 3 heteroatoms. The second-order valence-corrected chi connectivity index (χ2v) is 14.9. The van der Waals surface area contributed by atoms with E-state index in [0.717, 1.165) is 59.2 Å². The molecule has 3 heterocycles. The largest absolute Gasteiger partial charge is 0.317 e. The van der Waals surface area contributed by atoms with E-state index >= 15 is 0 Å². The van der Waals surface area contributed by atoms with E-state index in [-0.39, 0.29) is 0 Å². The quantitative estimate of drug-likeness (QED) is 0.142. The van der Waals surface area contributed by atoms with Crippen molar-refractivity contribution in [3.8, 4) is 5.69 Å². The lowest BCUT2D eigenvalue weighted by atomic mass is 9.90. The molecule has 3 nitrogen and oxygen atoms in total. The van der Waals surface area contributed by atoms with Crippen molar-refractivity contribution in [3.63, 3.8) is 0 Å². The third-order valence-corrected chi connectivity index (χ3v) is 11.5. The Balaban J connectivity index is 1.09. The van der Waals surface area contributed by atoms with Crippen LogP contribution < -0.4 is 4.90 Å². The van der Waals surface area contributed by atoms with Crippen LogP contribution in [0.25, 0.3) is 60.8 Å². The molecule has 0 atom stereocenters. The van der Waals surface area contributed by atoms with Crippen molar-refractivity contribution in [2.24, 2.45) is 0 Å². The lowest BCUT2D eigenvalue weighted by Crippen LogP contribution is -2.22. The zero-order valence-corrected chi connectivity index (χ0v) is 31.9. The second kappa shape index (κ2) is 14.9. The summed E-state index contributed by atoms with van der Waals surface area (Å²) in [6.45, 7) is 4.37. The predicted molar refractivity (Wildman–Crippen MR) is 244 cm³/mol. The topological polar surface area (TPSA) is 12.6 Å². The fourth-order valence-corrected chi connectivity index (χ4v) is 8.81. The molecule has 0 unspecified atom stereocenters. The van der Waals surface area contributed by atoms with Gasteiger partial charge in [0.2, 0.25) is 0 Å². The van der Waals surface area contributed by atoms with Gasteiger partial charge in [0.25, 0.3) is 0 Å². The van der Waals surface area contributed by atoms with Gasteiger partial charge in [-0.25, -0.2) is 0 Å². The maximum Gasteiger partial charge on any atom is 0.0620 e. The van der Waals surface area contributed by atoms with Crippen molar-refractivity contribution < 1.29 is 0 Å². The van der Waals surface area contributed by atoms with Crippen LogP contribution in [-0.2, 0) is 0 Å². The van der Waals surface area contributed by atoms with Gasteiger partial charge in [-0.05, 0) is 115 Å². The summed E-state index contributed by atoms with van der Waals surface area (Å²) in [6.07, 6.45) is 26.3. The van der Waals surface area contributed by atoms with E-state index < -0.39 is 0 Å². The molecule has 8 aromatic rings. The lowest BCUT2D eigenvalue weighted by molar-refractivity contribution is 0.843. The Hall–Kier alpha value is -7.10. The summed E-state index contributed by atoms with van der Waals surface area (Å²) >= 11 is 0. The highest BCUT2D eigenvalue weighted by Crippen LogP contribution is 2.42. The van der Waals surface area contributed by atoms with Gasteiger partial charge in [0.1, 0.15) is 0 Å². The summed E-state index contributed by atoms with van der Waals surface area (Å²) in [6, 6.07) is 50.2. The molecule has 0 radical (unpaired) electrons. The van der Waals surface area contributed by atoms with Gasteiger partial charge in [-0.1, -0.05) is 134 Å². The van der Waals surface area contributed by atoms with Crippen LogP contribution >= 0.6 is 0 Å². The molecule has 0 N–H and O–H groups in total. The monoisotopic (exact) mass is 733 g/mol. The molecular formula is C54H43N3. The number of hydrogen-bond donors (Lipinski definition) is 0. The van der Waals surface area contributed by atoms with Crippen molar-refractivity contribution in [3.05, 3.63) is 229 Å². The van der Waals surface area contributed by atoms with Gasteiger partial charge in [-0.15, -0.1) is 0 Å². The molecule has 2 aliphatic carbocycles. The van der Waals surface area contributed by atoms with Gasteiger partial charge in [-0.2, -0.15) is 0 Å². The van der Waals surface area contributed by atoms with E-state index in [1.165, 1.54) is 54.9 Å². The Morgan fingerprint density at radius 1 is 0.614 bits per heavy atom. The van der Waals surface area contributed by atoms with Gasteiger partial charge < -0.3 is 13.9 Å². The number of para-hydroxylation sites is 4. The van der Waals surface area contributed by atoms with Crippen molar-refractivity contribution in [1.82, 2.24) is 8.97 Å². The highest BCUT2D eigenvalue weighted by Gasteiger charge is 2.22. The SMILES string of the molecule is C=CC(=CC=Cc1cccc2ccccc2n(-c2ccccc2)cc1)N(C1=CC=C(C2=CC=CCC2)CC1)c1ccc2c(c1)c1cccc3c4ccccc4n2c31. The molecule has 0 aliphatic heterocycles. The molecule has 0 spiro atoms. The molecule has 0 bridgehead atoms. The summed E-state index contributed by atoms with van der Waals surface area (Å²) in [7, 11) is 0. The first-order valence-corrected chi connectivity index (χ1v) is 20.0. The van der Waals surface area contributed by atoms with Crippen molar-refractivity contribution >= 4 is 60.8 Å². The number of anilines is 1. The van der Waals surface area contributed by atoms with Crippen molar-refractivity contribution in [2.75, 3.05) is 4.90 Å². The highest BCUT2D eigenvalue weighted by molar-refractivity contribution is 6.23. The average Bonchev–Trinajstić information content (AvgIpc) is 3.81. The van der Waals surface area contributed by atoms with E-state index in [1.54, 1.807) is 0 Å². The Morgan fingerprint density at radius 3 is 2.18 bits per heavy atom. The van der Waals surface area contributed by atoms with Crippen LogP contribution in [-0.4, -0.2) is 8.97 Å². The lowest BCUT2D eigenvalue weighted by Gasteiger charge is -2.31. The van der Waals surface area contributed by atoms with E-state index in [4.69, 9.17) is 0 Å². The first-order valence-electron chi connectivity index (χ1n) is 20.0. The molecule has 10 rings (SSSR count). The number of hydrogen-bond acceptors (Lipinski definition) is 1. The standard InChI is InChI=1S/C54H43N3/c1-2-43(24-14-17-39-16-13-21-42-20-9-11-28-51(42)55(37-36-39)44-22-7-4-8-23-44)56(45-32-30-41(31-33-45)40-18-5-3-6-19-40)46-34-35-53-50(38-46)49-27-15-26-48-47-25-10-12-29-52(47)57(53)54(48)49/h2-5,7-18,20-30,32,34-38H,1,6,19,31,33H2. The van der Waals surface area contributed by atoms with E-state index in [2.05, 4.69) is 215 Å². The van der Waals surface area contributed by atoms with Gasteiger partial charge in [0, 0.05) is 50.5 Å². The van der Waals surface area contributed by atoms with Crippen LogP contribution in [0.3, 0.4) is 0 Å². The summed E-state index contributed by atoms with van der Waals surface area (Å²) in [5, 5.41) is 6.29. The van der Waals surface area contributed by atoms with Gasteiger partial charge in [-0.3, -0.25) is 0 Å². The molecule has 0 saturated carbocycles. The van der Waals surface area contributed by atoms with E-state index in [1.807, 2.05) is 6.08 Å². The normalized spacial score (nSPS) is 14.7. The smallest absolute Gasteiger partial charge is 0.0620 e. The molecule has 274 valence electrons. The molecular weight excluding hydrogens is 691 g/mol. The Morgan fingerprint density at radius 2 is 1.35 bits per heavy atom. The molecule has 57 heavy (non-hydrogen) atoms. The maximum absolute atomic E-state index is 4.37. The number of nitrogens with zero attached hydrogens (tertiary/aromatic N) is 3. The summed E-state index contributed by atoms with van der Waals surface area (Å²) in [5.74, 6) is 0.